The molecular formula is C15H32N2. The normalized spacial score (nSPS) is 20.5. The zero-order valence-electron chi connectivity index (χ0n) is 12.5. The van der Waals surface area contributed by atoms with Crippen LogP contribution in [0.1, 0.15) is 60.3 Å². The summed E-state index contributed by atoms with van der Waals surface area (Å²) in [4.78, 5) is 2.71. The summed E-state index contributed by atoms with van der Waals surface area (Å²) in [5, 5.41) is 0. The minimum absolute atomic E-state index is 0.220. The molecule has 0 aromatic rings. The molecule has 1 unspecified atom stereocenters. The summed E-state index contributed by atoms with van der Waals surface area (Å²) in [6, 6.07) is 1.08. The third-order valence-electron chi connectivity index (χ3n) is 4.28. The average Bonchev–Trinajstić information content (AvgIpc) is 2.67. The van der Waals surface area contributed by atoms with Gasteiger partial charge in [0, 0.05) is 25.2 Å². The van der Waals surface area contributed by atoms with Gasteiger partial charge in [-0.2, -0.15) is 0 Å². The van der Waals surface area contributed by atoms with Crippen LogP contribution in [0.15, 0.2) is 0 Å². The fourth-order valence-electron chi connectivity index (χ4n) is 2.75. The maximum absolute atomic E-state index is 6.12. The number of rotatable bonds is 6. The van der Waals surface area contributed by atoms with E-state index in [1.807, 2.05) is 0 Å². The van der Waals surface area contributed by atoms with Crippen molar-refractivity contribution in [2.24, 2.45) is 17.1 Å². The zero-order chi connectivity index (χ0) is 13.1. The van der Waals surface area contributed by atoms with E-state index in [9.17, 15) is 0 Å². The van der Waals surface area contributed by atoms with E-state index < -0.39 is 0 Å². The highest BCUT2D eigenvalue weighted by atomic mass is 15.2. The zero-order valence-corrected chi connectivity index (χ0v) is 12.5. The van der Waals surface area contributed by atoms with Crippen molar-refractivity contribution in [1.82, 2.24) is 4.90 Å². The fraction of sp³-hybridized carbons (Fsp3) is 1.00. The molecule has 0 heterocycles. The molecule has 0 radical (unpaired) electrons. The highest BCUT2D eigenvalue weighted by Gasteiger charge is 2.30. The Labute approximate surface area is 108 Å². The maximum Gasteiger partial charge on any atom is 0.00956 e. The summed E-state index contributed by atoms with van der Waals surface area (Å²) in [6.07, 6.45) is 5.61. The van der Waals surface area contributed by atoms with Gasteiger partial charge in [-0.25, -0.2) is 0 Å². The topological polar surface area (TPSA) is 29.3 Å². The lowest BCUT2D eigenvalue weighted by Crippen LogP contribution is -2.48. The van der Waals surface area contributed by atoms with Crippen LogP contribution in [0, 0.1) is 11.3 Å². The fourth-order valence-corrected chi connectivity index (χ4v) is 2.75. The van der Waals surface area contributed by atoms with Crippen molar-refractivity contribution in [3.63, 3.8) is 0 Å². The van der Waals surface area contributed by atoms with E-state index >= 15 is 0 Å². The first-order chi connectivity index (χ1) is 7.83. The maximum atomic E-state index is 6.12. The van der Waals surface area contributed by atoms with Gasteiger partial charge in [0.15, 0.2) is 0 Å². The largest absolute Gasteiger partial charge is 0.327 e. The van der Waals surface area contributed by atoms with Gasteiger partial charge < -0.3 is 5.73 Å². The quantitative estimate of drug-likeness (QED) is 0.772. The van der Waals surface area contributed by atoms with Gasteiger partial charge in [0.2, 0.25) is 0 Å². The summed E-state index contributed by atoms with van der Waals surface area (Å²) in [5.41, 5.74) is 6.34. The van der Waals surface area contributed by atoms with E-state index in [1.165, 1.54) is 32.2 Å². The van der Waals surface area contributed by atoms with Crippen LogP contribution in [0.5, 0.6) is 0 Å². The second-order valence-corrected chi connectivity index (χ2v) is 7.04. The lowest BCUT2D eigenvalue weighted by atomic mass is 9.84. The molecule has 1 fully saturated rings. The van der Waals surface area contributed by atoms with Gasteiger partial charge in [-0.15, -0.1) is 0 Å². The van der Waals surface area contributed by atoms with Crippen molar-refractivity contribution in [2.45, 2.75) is 72.4 Å². The molecule has 2 N–H and O–H groups in total. The molecular weight excluding hydrogens is 208 g/mol. The lowest BCUT2D eigenvalue weighted by molar-refractivity contribution is 0.104. The van der Waals surface area contributed by atoms with Gasteiger partial charge in [0.25, 0.3) is 0 Å². The van der Waals surface area contributed by atoms with Crippen LogP contribution in [0.25, 0.3) is 0 Å². The van der Waals surface area contributed by atoms with E-state index in [0.717, 1.165) is 18.5 Å². The molecule has 0 aromatic carbocycles. The van der Waals surface area contributed by atoms with Crippen LogP contribution in [0.2, 0.25) is 0 Å². The van der Waals surface area contributed by atoms with Crippen LogP contribution >= 0.6 is 0 Å². The molecule has 1 atom stereocenters. The molecule has 0 saturated heterocycles. The molecule has 17 heavy (non-hydrogen) atoms. The van der Waals surface area contributed by atoms with Crippen molar-refractivity contribution in [3.05, 3.63) is 0 Å². The predicted octanol–water partition coefficient (Wildman–Crippen LogP) is 3.26. The molecule has 1 saturated carbocycles. The number of nitrogens with two attached hydrogens (primary N) is 1. The average molecular weight is 240 g/mol. The van der Waals surface area contributed by atoms with Gasteiger partial charge in [-0.05, 0) is 31.1 Å². The van der Waals surface area contributed by atoms with E-state index in [1.54, 1.807) is 0 Å². The van der Waals surface area contributed by atoms with Crippen molar-refractivity contribution in [1.29, 1.82) is 0 Å². The second kappa shape index (κ2) is 6.19. The van der Waals surface area contributed by atoms with Gasteiger partial charge in [-0.3, -0.25) is 4.90 Å². The highest BCUT2D eigenvalue weighted by Crippen LogP contribution is 2.29. The predicted molar refractivity (Wildman–Crippen MR) is 76.1 cm³/mol. The molecule has 0 aromatic heterocycles. The van der Waals surface area contributed by atoms with Gasteiger partial charge in [0.05, 0.1) is 0 Å². The van der Waals surface area contributed by atoms with Crippen molar-refractivity contribution in [3.8, 4) is 0 Å². The first kappa shape index (κ1) is 15.0. The monoisotopic (exact) mass is 240 g/mol. The van der Waals surface area contributed by atoms with Gasteiger partial charge in [0.1, 0.15) is 0 Å². The van der Waals surface area contributed by atoms with Crippen LogP contribution in [0.4, 0.5) is 0 Å². The first-order valence-corrected chi connectivity index (χ1v) is 7.32. The summed E-state index contributed by atoms with van der Waals surface area (Å²) in [5.74, 6) is 0.750. The molecule has 0 bridgehead atoms. The Balaban J connectivity index is 2.62. The molecule has 1 aliphatic carbocycles. The molecule has 0 aliphatic heterocycles. The molecule has 1 rings (SSSR count). The first-order valence-electron chi connectivity index (χ1n) is 7.32. The van der Waals surface area contributed by atoms with Gasteiger partial charge in [-0.1, -0.05) is 40.5 Å². The number of hydrogen-bond donors (Lipinski definition) is 1. The third kappa shape index (κ3) is 4.59. The molecule has 0 amide bonds. The Bertz CT molecular complexity index is 215. The Morgan fingerprint density at radius 1 is 1.18 bits per heavy atom. The summed E-state index contributed by atoms with van der Waals surface area (Å²) < 4.78 is 0. The van der Waals surface area contributed by atoms with E-state index in [2.05, 4.69) is 39.5 Å². The van der Waals surface area contributed by atoms with Crippen molar-refractivity contribution < 1.29 is 0 Å². The molecule has 0 spiro atoms. The molecule has 102 valence electrons. The van der Waals surface area contributed by atoms with E-state index in [-0.39, 0.29) is 11.5 Å². The second-order valence-electron chi connectivity index (χ2n) is 7.04. The highest BCUT2D eigenvalue weighted by molar-refractivity contribution is 4.86. The standard InChI is InChI=1S/C15H32N2/c1-12(2)10-17(14-8-6-7-9-14)11-15(4,5)13(3)16/h12-14H,6-11,16H2,1-5H3. The van der Waals surface area contributed by atoms with Crippen LogP contribution < -0.4 is 5.73 Å². The molecule has 2 nitrogen and oxygen atoms in total. The summed E-state index contributed by atoms with van der Waals surface area (Å²) >= 11 is 0. The molecule has 1 aliphatic rings. The van der Waals surface area contributed by atoms with Gasteiger partial charge >= 0.3 is 0 Å². The van der Waals surface area contributed by atoms with Crippen LogP contribution in [-0.4, -0.2) is 30.1 Å². The summed E-state index contributed by atoms with van der Waals surface area (Å²) in [6.45, 7) is 13.8. The SMILES string of the molecule is CC(C)CN(CC(C)(C)C(C)N)C1CCCC1. The van der Waals surface area contributed by atoms with Crippen molar-refractivity contribution in [2.75, 3.05) is 13.1 Å². The minimum Gasteiger partial charge on any atom is -0.327 e. The van der Waals surface area contributed by atoms with E-state index in [4.69, 9.17) is 5.73 Å². The van der Waals surface area contributed by atoms with E-state index in [0.29, 0.717) is 0 Å². The number of hydrogen-bond acceptors (Lipinski definition) is 2. The van der Waals surface area contributed by atoms with Crippen LogP contribution in [-0.2, 0) is 0 Å². The minimum atomic E-state index is 0.220. The lowest BCUT2D eigenvalue weighted by Gasteiger charge is -2.39. The van der Waals surface area contributed by atoms with Crippen LogP contribution in [0.3, 0.4) is 0 Å². The Morgan fingerprint density at radius 3 is 2.12 bits per heavy atom. The summed E-state index contributed by atoms with van der Waals surface area (Å²) in [7, 11) is 0. The Morgan fingerprint density at radius 2 is 1.71 bits per heavy atom. The Hall–Kier alpha value is -0.0800. The molecule has 2 heteroatoms. The number of nitrogens with zero attached hydrogens (tertiary/aromatic N) is 1. The Kier molecular flexibility index (Phi) is 5.46. The third-order valence-corrected chi connectivity index (χ3v) is 4.28. The smallest absolute Gasteiger partial charge is 0.00956 e. The van der Waals surface area contributed by atoms with Crippen molar-refractivity contribution >= 4 is 0 Å².